The highest BCUT2D eigenvalue weighted by Gasteiger charge is 2.31. The molecule has 0 saturated carbocycles. The number of aromatic nitrogens is 2. The molecule has 6 rings (SSSR count). The highest BCUT2D eigenvalue weighted by atomic mass is 35.5. The van der Waals surface area contributed by atoms with Crippen molar-refractivity contribution >= 4 is 56.6 Å². The van der Waals surface area contributed by atoms with Gasteiger partial charge in [-0.15, -0.1) is 11.3 Å². The van der Waals surface area contributed by atoms with Gasteiger partial charge in [0.15, 0.2) is 5.94 Å². The number of rotatable bonds is 8. The molecule has 2 aliphatic heterocycles. The summed E-state index contributed by atoms with van der Waals surface area (Å²) >= 11 is 7.87. The van der Waals surface area contributed by atoms with E-state index in [1.54, 1.807) is 24.8 Å². The van der Waals surface area contributed by atoms with Gasteiger partial charge < -0.3 is 24.0 Å². The van der Waals surface area contributed by atoms with E-state index in [1.165, 1.54) is 18.4 Å². The van der Waals surface area contributed by atoms with Crippen molar-refractivity contribution in [2.24, 2.45) is 4.99 Å². The van der Waals surface area contributed by atoms with Crippen LogP contribution in [0.5, 0.6) is 11.6 Å². The molecule has 1 aromatic carbocycles. The summed E-state index contributed by atoms with van der Waals surface area (Å²) in [5.41, 5.74) is 6.52. The molecule has 0 bridgehead atoms. The molecule has 0 amide bonds. The van der Waals surface area contributed by atoms with Crippen molar-refractivity contribution < 1.29 is 23.8 Å². The third-order valence-corrected chi connectivity index (χ3v) is 9.05. The fourth-order valence-corrected chi connectivity index (χ4v) is 6.84. The van der Waals surface area contributed by atoms with Gasteiger partial charge in [0.2, 0.25) is 5.88 Å². The van der Waals surface area contributed by atoms with Crippen LogP contribution in [0, 0.1) is 6.92 Å². The van der Waals surface area contributed by atoms with Crippen LogP contribution in [0.1, 0.15) is 29.4 Å². The maximum absolute atomic E-state index is 12.4. The molecule has 0 aliphatic carbocycles. The summed E-state index contributed by atoms with van der Waals surface area (Å²) < 4.78 is 17.4. The van der Waals surface area contributed by atoms with Crippen LogP contribution in [0.15, 0.2) is 69.9 Å². The zero-order valence-corrected chi connectivity index (χ0v) is 26.8. The summed E-state index contributed by atoms with van der Waals surface area (Å²) in [5.74, 6) is 3.60. The molecule has 0 radical (unpaired) electrons. The van der Waals surface area contributed by atoms with E-state index in [0.717, 1.165) is 45.0 Å². The van der Waals surface area contributed by atoms with E-state index in [9.17, 15) is 9.59 Å². The Balaban J connectivity index is 1.24. The first kappa shape index (κ1) is 30.3. The van der Waals surface area contributed by atoms with E-state index >= 15 is 0 Å². The Kier molecular flexibility index (Phi) is 8.58. The summed E-state index contributed by atoms with van der Waals surface area (Å²) in [7, 11) is 2.94. The Morgan fingerprint density at radius 3 is 2.76 bits per heavy atom. The number of aliphatic imine (C=N–C) groups is 1. The lowest BCUT2D eigenvalue weighted by atomic mass is 10.00. The van der Waals surface area contributed by atoms with Crippen LogP contribution in [0.2, 0.25) is 5.02 Å². The molecule has 3 aromatic heterocycles. The number of benzene rings is 1. The molecule has 0 atom stereocenters. The Labute approximate surface area is 269 Å². The van der Waals surface area contributed by atoms with Crippen LogP contribution in [-0.2, 0) is 9.53 Å². The molecule has 45 heavy (non-hydrogen) atoms. The van der Waals surface area contributed by atoms with Crippen LogP contribution >= 0.6 is 22.9 Å². The molecular weight excluding hydrogens is 614 g/mol. The lowest BCUT2D eigenvalue weighted by Crippen LogP contribution is -2.41. The van der Waals surface area contributed by atoms with E-state index in [2.05, 4.69) is 20.8 Å². The maximum Gasteiger partial charge on any atom is 0.340 e. The fraction of sp³-hybridized carbons (Fsp3) is 0.273. The number of hydrogen-bond acceptors (Lipinski definition) is 11. The Hall–Kier alpha value is -4.70. The largest absolute Gasteiger partial charge is 0.491 e. The number of fused-ring (bicyclic) bond motifs is 1. The quantitative estimate of drug-likeness (QED) is 0.166. The number of hydrogen-bond donors (Lipinski definition) is 0. The number of carbonyl (C=O) groups is 1. The van der Waals surface area contributed by atoms with Crippen LogP contribution in [0.25, 0.3) is 21.3 Å². The molecule has 0 spiro atoms. The number of amidine groups is 1. The number of aryl methyl sites for hydroxylation is 1. The lowest BCUT2D eigenvalue weighted by Gasteiger charge is -2.37. The standard InChI is InChI=1S/C33H30ClN5O5S/c1-19-13-24(32-31(36-19)26(18-45-32)33(41)43-4)23-14-21(34)5-6-29(23)44-12-11-39-20(2)37-27-8-10-38(16-25(27)28(39)17-40)22-7-9-35-30(15-22)42-3/h5-7,9,13-15,18H,8,10-12,16H2,1-4H3. The minimum Gasteiger partial charge on any atom is -0.491 e. The van der Waals surface area contributed by atoms with Gasteiger partial charge in [-0.25, -0.2) is 19.6 Å². The Bertz CT molecular complexity index is 1930. The summed E-state index contributed by atoms with van der Waals surface area (Å²) in [6, 6.07) is 11.2. The number of nitrogens with zero attached hydrogens (tertiary/aromatic N) is 5. The molecule has 4 aromatic rings. The van der Waals surface area contributed by atoms with Crippen molar-refractivity contribution in [3.05, 3.63) is 81.2 Å². The van der Waals surface area contributed by atoms with E-state index < -0.39 is 5.97 Å². The minimum absolute atomic E-state index is 0.256. The average molecular weight is 644 g/mol. The normalized spacial score (nSPS) is 14.7. The van der Waals surface area contributed by atoms with Gasteiger partial charge in [0.1, 0.15) is 23.9 Å². The first-order valence-electron chi connectivity index (χ1n) is 14.3. The van der Waals surface area contributed by atoms with Gasteiger partial charge in [-0.1, -0.05) is 11.6 Å². The van der Waals surface area contributed by atoms with Gasteiger partial charge in [0.05, 0.1) is 42.2 Å². The predicted octanol–water partition coefficient (Wildman–Crippen LogP) is 6.11. The molecule has 0 fully saturated rings. The van der Waals surface area contributed by atoms with E-state index in [4.69, 9.17) is 30.8 Å². The van der Waals surface area contributed by atoms with Gasteiger partial charge >= 0.3 is 5.97 Å². The molecule has 12 heteroatoms. The van der Waals surface area contributed by atoms with Crippen molar-refractivity contribution in [3.8, 4) is 22.8 Å². The molecule has 0 N–H and O–H groups in total. The van der Waals surface area contributed by atoms with Gasteiger partial charge in [-0.3, -0.25) is 4.98 Å². The van der Waals surface area contributed by atoms with E-state index in [-0.39, 0.29) is 6.61 Å². The second-order valence-electron chi connectivity index (χ2n) is 10.5. The number of halogens is 1. The van der Waals surface area contributed by atoms with Gasteiger partial charge in [0, 0.05) is 70.3 Å². The fourth-order valence-electron chi connectivity index (χ4n) is 5.66. The van der Waals surface area contributed by atoms with Crippen LogP contribution in [0.4, 0.5) is 5.69 Å². The second kappa shape index (κ2) is 12.7. The lowest BCUT2D eigenvalue weighted by molar-refractivity contribution is 0.0603. The first-order chi connectivity index (χ1) is 21.8. The third kappa shape index (κ3) is 5.90. The van der Waals surface area contributed by atoms with Crippen molar-refractivity contribution in [1.82, 2.24) is 14.9 Å². The minimum atomic E-state index is -0.440. The molecule has 2 aliphatic rings. The number of anilines is 1. The first-order valence-corrected chi connectivity index (χ1v) is 15.5. The van der Waals surface area contributed by atoms with Gasteiger partial charge in [-0.2, -0.15) is 0 Å². The highest BCUT2D eigenvalue weighted by molar-refractivity contribution is 7.18. The Morgan fingerprint density at radius 2 is 1.98 bits per heavy atom. The smallest absolute Gasteiger partial charge is 0.340 e. The van der Waals surface area contributed by atoms with Gasteiger partial charge in [-0.05, 0) is 44.2 Å². The number of thiophene rings is 1. The molecule has 5 heterocycles. The van der Waals surface area contributed by atoms with Crippen molar-refractivity contribution in [2.75, 3.05) is 45.4 Å². The molecule has 0 unspecified atom stereocenters. The van der Waals surface area contributed by atoms with E-state index in [0.29, 0.717) is 58.8 Å². The zero-order valence-electron chi connectivity index (χ0n) is 25.2. The summed E-state index contributed by atoms with van der Waals surface area (Å²) in [4.78, 5) is 42.5. The molecule has 10 nitrogen and oxygen atoms in total. The van der Waals surface area contributed by atoms with E-state index in [1.807, 2.05) is 49.1 Å². The number of methoxy groups -OCH3 is 2. The Morgan fingerprint density at radius 1 is 1.13 bits per heavy atom. The van der Waals surface area contributed by atoms with Crippen molar-refractivity contribution in [1.29, 1.82) is 0 Å². The van der Waals surface area contributed by atoms with Gasteiger partial charge in [0.25, 0.3) is 0 Å². The summed E-state index contributed by atoms with van der Waals surface area (Å²) in [5, 5.41) is 2.30. The van der Waals surface area contributed by atoms with Crippen molar-refractivity contribution in [3.63, 3.8) is 0 Å². The maximum atomic E-state index is 12.4. The van der Waals surface area contributed by atoms with Crippen molar-refractivity contribution in [2.45, 2.75) is 20.3 Å². The zero-order chi connectivity index (χ0) is 31.7. The summed E-state index contributed by atoms with van der Waals surface area (Å²) in [6.07, 6.45) is 2.41. The van der Waals surface area contributed by atoms with Crippen LogP contribution in [0.3, 0.4) is 0 Å². The number of esters is 1. The highest BCUT2D eigenvalue weighted by Crippen LogP contribution is 2.41. The molecule has 230 valence electrons. The predicted molar refractivity (Wildman–Crippen MR) is 175 cm³/mol. The third-order valence-electron chi connectivity index (χ3n) is 7.81. The van der Waals surface area contributed by atoms with Crippen LogP contribution in [-0.4, -0.2) is 73.1 Å². The number of pyridine rings is 2. The average Bonchev–Trinajstić information content (AvgIpc) is 3.48. The molecule has 0 saturated heterocycles. The SMILES string of the molecule is COC(=O)c1csc2c(-c3cc(Cl)ccc3OCCN3C(=C=O)C4=C(CCN(c5ccnc(OC)c5)C4)N=C3C)cc(C)nc12. The number of carbonyl (C=O) groups excluding carboxylic acids is 2. The molecular formula is C33H30ClN5O5S. The second-order valence-corrected chi connectivity index (χ2v) is 11.8. The number of ether oxygens (including phenoxy) is 3. The topological polar surface area (TPSA) is 106 Å². The summed E-state index contributed by atoms with van der Waals surface area (Å²) in [6.45, 7) is 5.66. The van der Waals surface area contributed by atoms with Crippen LogP contribution < -0.4 is 14.4 Å². The monoisotopic (exact) mass is 643 g/mol.